The summed E-state index contributed by atoms with van der Waals surface area (Å²) >= 11 is 0. The lowest BCUT2D eigenvalue weighted by Crippen LogP contribution is -2.19. The van der Waals surface area contributed by atoms with Crippen LogP contribution in [0.3, 0.4) is 0 Å². The third-order valence-electron chi connectivity index (χ3n) is 4.92. The molecule has 2 heteroatoms. The number of fused-ring (bicyclic) bond motifs is 3. The van der Waals surface area contributed by atoms with Gasteiger partial charge >= 0.3 is 0 Å². The van der Waals surface area contributed by atoms with Crippen molar-refractivity contribution in [2.45, 2.75) is 58.0 Å². The van der Waals surface area contributed by atoms with Gasteiger partial charge < -0.3 is 5.11 Å². The van der Waals surface area contributed by atoms with E-state index in [0.29, 0.717) is 18.1 Å². The van der Waals surface area contributed by atoms with Crippen LogP contribution in [0.15, 0.2) is 29.8 Å². The van der Waals surface area contributed by atoms with E-state index in [-0.39, 0.29) is 6.10 Å². The van der Waals surface area contributed by atoms with Gasteiger partial charge in [0, 0.05) is 6.42 Å². The number of allylic oxidation sites excluding steroid dienone is 2. The van der Waals surface area contributed by atoms with Crippen molar-refractivity contribution >= 4 is 11.4 Å². The van der Waals surface area contributed by atoms with Crippen LogP contribution >= 0.6 is 0 Å². The van der Waals surface area contributed by atoms with Crippen LogP contribution in [0.5, 0.6) is 0 Å². The number of aliphatic hydroxyl groups excluding tert-OH is 1. The molecule has 0 amide bonds. The molecule has 0 aliphatic heterocycles. The highest BCUT2D eigenvalue weighted by Gasteiger charge is 2.34. The van der Waals surface area contributed by atoms with Crippen molar-refractivity contribution in [1.82, 2.24) is 0 Å². The summed E-state index contributed by atoms with van der Waals surface area (Å²) < 4.78 is 0. The molecule has 1 N–H and O–H groups in total. The van der Waals surface area contributed by atoms with Gasteiger partial charge in [0.2, 0.25) is 0 Å². The van der Waals surface area contributed by atoms with Gasteiger partial charge in [0.05, 0.1) is 6.10 Å². The standard InChI is InChI=1S/C19H24O2/c1-2-3-8-16-17(20)11-6-7-13-12-18(21)14-9-4-5-10-15(14)19(13)16/h4-5,9-10,13,18,21H,2-3,6-8,11-12H2,1H3/t13-,18+/m0/s1. The van der Waals surface area contributed by atoms with E-state index < -0.39 is 0 Å². The highest BCUT2D eigenvalue weighted by molar-refractivity contribution is 6.04. The molecular formula is C19H24O2. The zero-order valence-corrected chi connectivity index (χ0v) is 12.8. The Morgan fingerprint density at radius 2 is 2.10 bits per heavy atom. The van der Waals surface area contributed by atoms with Crippen molar-refractivity contribution < 1.29 is 9.90 Å². The summed E-state index contributed by atoms with van der Waals surface area (Å²) in [7, 11) is 0. The second kappa shape index (κ2) is 6.15. The topological polar surface area (TPSA) is 37.3 Å². The van der Waals surface area contributed by atoms with Crippen molar-refractivity contribution in [1.29, 1.82) is 0 Å². The number of aliphatic hydroxyl groups is 1. The summed E-state index contributed by atoms with van der Waals surface area (Å²) in [5.41, 5.74) is 4.45. The van der Waals surface area contributed by atoms with Crippen LogP contribution in [0, 0.1) is 5.92 Å². The van der Waals surface area contributed by atoms with Gasteiger partial charge in [-0.05, 0) is 60.3 Å². The lowest BCUT2D eigenvalue weighted by Gasteiger charge is -2.32. The molecule has 2 aliphatic carbocycles. The highest BCUT2D eigenvalue weighted by Crippen LogP contribution is 2.46. The highest BCUT2D eigenvalue weighted by atomic mass is 16.3. The van der Waals surface area contributed by atoms with Crippen LogP contribution < -0.4 is 0 Å². The minimum Gasteiger partial charge on any atom is -0.388 e. The van der Waals surface area contributed by atoms with Gasteiger partial charge in [-0.2, -0.15) is 0 Å². The zero-order chi connectivity index (χ0) is 14.8. The third kappa shape index (κ3) is 2.69. The number of unbranched alkanes of at least 4 members (excludes halogenated alkanes) is 1. The summed E-state index contributed by atoms with van der Waals surface area (Å²) in [5.74, 6) is 0.695. The number of hydrogen-bond donors (Lipinski definition) is 1. The van der Waals surface area contributed by atoms with E-state index in [1.165, 1.54) is 5.57 Å². The molecule has 0 radical (unpaired) electrons. The Balaban J connectivity index is 2.14. The fraction of sp³-hybridized carbons (Fsp3) is 0.526. The Morgan fingerprint density at radius 3 is 2.90 bits per heavy atom. The van der Waals surface area contributed by atoms with Crippen LogP contribution in [0.2, 0.25) is 0 Å². The first-order chi connectivity index (χ1) is 10.2. The van der Waals surface area contributed by atoms with Gasteiger partial charge in [0.25, 0.3) is 0 Å². The van der Waals surface area contributed by atoms with Crippen LogP contribution in [-0.2, 0) is 4.79 Å². The third-order valence-corrected chi connectivity index (χ3v) is 4.92. The van der Waals surface area contributed by atoms with Gasteiger partial charge in [0.1, 0.15) is 0 Å². The summed E-state index contributed by atoms with van der Waals surface area (Å²) in [5, 5.41) is 10.4. The monoisotopic (exact) mass is 284 g/mol. The van der Waals surface area contributed by atoms with Crippen LogP contribution in [-0.4, -0.2) is 10.9 Å². The first kappa shape index (κ1) is 14.5. The second-order valence-corrected chi connectivity index (χ2v) is 6.35. The molecule has 0 fully saturated rings. The maximum absolute atomic E-state index is 12.5. The fourth-order valence-corrected chi connectivity index (χ4v) is 3.88. The van der Waals surface area contributed by atoms with Crippen LogP contribution in [0.25, 0.3) is 5.57 Å². The lowest BCUT2D eigenvalue weighted by molar-refractivity contribution is -0.115. The Labute approximate surface area is 126 Å². The van der Waals surface area contributed by atoms with Gasteiger partial charge in [0.15, 0.2) is 5.78 Å². The van der Waals surface area contributed by atoms with E-state index >= 15 is 0 Å². The fourth-order valence-electron chi connectivity index (χ4n) is 3.88. The number of ketones is 1. The molecule has 3 rings (SSSR count). The van der Waals surface area contributed by atoms with Gasteiger partial charge in [-0.3, -0.25) is 4.79 Å². The Morgan fingerprint density at radius 1 is 1.29 bits per heavy atom. The smallest absolute Gasteiger partial charge is 0.159 e. The Hall–Kier alpha value is -1.41. The molecule has 0 unspecified atom stereocenters. The molecule has 1 aromatic rings. The number of rotatable bonds is 3. The van der Waals surface area contributed by atoms with Crippen LogP contribution in [0.4, 0.5) is 0 Å². The largest absolute Gasteiger partial charge is 0.388 e. The number of Topliss-reactive ketones (excluding diaryl/α,β-unsaturated/α-hetero) is 1. The average molecular weight is 284 g/mol. The van der Waals surface area contributed by atoms with Crippen molar-refractivity contribution in [3.8, 4) is 0 Å². The van der Waals surface area contributed by atoms with E-state index in [1.807, 2.05) is 18.2 Å². The summed E-state index contributed by atoms with van der Waals surface area (Å²) in [6.07, 6.45) is 6.13. The molecular weight excluding hydrogens is 260 g/mol. The van der Waals surface area contributed by atoms with E-state index in [1.54, 1.807) is 0 Å². The minimum absolute atomic E-state index is 0.340. The van der Waals surface area contributed by atoms with Crippen molar-refractivity contribution in [2.24, 2.45) is 5.92 Å². The molecule has 2 nitrogen and oxygen atoms in total. The van der Waals surface area contributed by atoms with Crippen molar-refractivity contribution in [2.75, 3.05) is 0 Å². The van der Waals surface area contributed by atoms with Gasteiger partial charge in [-0.15, -0.1) is 0 Å². The lowest BCUT2D eigenvalue weighted by atomic mass is 9.74. The quantitative estimate of drug-likeness (QED) is 0.891. The molecule has 1 aromatic carbocycles. The summed E-state index contributed by atoms with van der Waals surface area (Å²) in [6.45, 7) is 2.17. The zero-order valence-electron chi connectivity index (χ0n) is 12.8. The van der Waals surface area contributed by atoms with Crippen molar-refractivity contribution in [3.05, 3.63) is 41.0 Å². The summed E-state index contributed by atoms with van der Waals surface area (Å²) in [6, 6.07) is 8.10. The van der Waals surface area contributed by atoms with Crippen molar-refractivity contribution in [3.63, 3.8) is 0 Å². The number of carbonyl (C=O) groups is 1. The first-order valence-corrected chi connectivity index (χ1v) is 8.26. The van der Waals surface area contributed by atoms with E-state index in [4.69, 9.17) is 0 Å². The molecule has 0 heterocycles. The number of benzene rings is 1. The van der Waals surface area contributed by atoms with Gasteiger partial charge in [-0.1, -0.05) is 37.6 Å². The maximum atomic E-state index is 12.5. The molecule has 0 aromatic heterocycles. The molecule has 0 saturated carbocycles. The Kier molecular flexibility index (Phi) is 4.25. The molecule has 2 atom stereocenters. The summed E-state index contributed by atoms with van der Waals surface area (Å²) in [4.78, 5) is 12.5. The Bertz CT molecular complexity index is 571. The predicted molar refractivity (Wildman–Crippen MR) is 84.8 cm³/mol. The SMILES string of the molecule is CCCCC1=C2c3ccccc3[C@H](O)C[C@@H]2CCCC1=O. The average Bonchev–Trinajstić information content (AvgIpc) is 2.64. The van der Waals surface area contributed by atoms with Crippen LogP contribution in [0.1, 0.15) is 69.1 Å². The van der Waals surface area contributed by atoms with E-state index in [0.717, 1.165) is 55.2 Å². The molecule has 0 saturated heterocycles. The molecule has 21 heavy (non-hydrogen) atoms. The van der Waals surface area contributed by atoms with E-state index in [9.17, 15) is 9.90 Å². The van der Waals surface area contributed by atoms with E-state index in [2.05, 4.69) is 13.0 Å². The molecule has 112 valence electrons. The molecule has 0 bridgehead atoms. The first-order valence-electron chi connectivity index (χ1n) is 8.26. The minimum atomic E-state index is -0.379. The predicted octanol–water partition coefficient (Wildman–Crippen LogP) is 4.44. The van der Waals surface area contributed by atoms with Gasteiger partial charge in [-0.25, -0.2) is 0 Å². The number of hydrogen-bond acceptors (Lipinski definition) is 2. The maximum Gasteiger partial charge on any atom is 0.159 e. The second-order valence-electron chi connectivity index (χ2n) is 6.35. The normalized spacial score (nSPS) is 25.3. The molecule has 0 spiro atoms. The number of carbonyl (C=O) groups excluding carboxylic acids is 1. The molecule has 2 aliphatic rings.